The van der Waals surface area contributed by atoms with E-state index in [0.29, 0.717) is 0 Å². The van der Waals surface area contributed by atoms with Gasteiger partial charge in [-0.15, -0.1) is 0 Å². The summed E-state index contributed by atoms with van der Waals surface area (Å²) in [5.41, 5.74) is 2.47. The van der Waals surface area contributed by atoms with Gasteiger partial charge in [-0.3, -0.25) is 9.69 Å². The summed E-state index contributed by atoms with van der Waals surface area (Å²) in [6.45, 7) is 8.32. The van der Waals surface area contributed by atoms with Gasteiger partial charge in [0.1, 0.15) is 0 Å². The van der Waals surface area contributed by atoms with Crippen molar-refractivity contribution in [3.8, 4) is 0 Å². The minimum absolute atomic E-state index is 0.0777. The van der Waals surface area contributed by atoms with Crippen molar-refractivity contribution in [3.63, 3.8) is 0 Å². The molecule has 0 bridgehead atoms. The minimum Gasteiger partial charge on any atom is -0.480 e. The van der Waals surface area contributed by atoms with Crippen LogP contribution in [0.2, 0.25) is 0 Å². The second-order valence-electron chi connectivity index (χ2n) is 4.93. The van der Waals surface area contributed by atoms with E-state index >= 15 is 0 Å². The Morgan fingerprint density at radius 1 is 1.22 bits per heavy atom. The molecule has 1 atom stereocenters. The lowest BCUT2D eigenvalue weighted by Crippen LogP contribution is -2.37. The molecule has 0 aliphatic carbocycles. The van der Waals surface area contributed by atoms with Crippen molar-refractivity contribution in [2.24, 2.45) is 0 Å². The number of hydrogen-bond acceptors (Lipinski definition) is 2. The molecule has 0 spiro atoms. The Hall–Kier alpha value is -1.35. The van der Waals surface area contributed by atoms with Crippen LogP contribution in [0.15, 0.2) is 24.3 Å². The van der Waals surface area contributed by atoms with Crippen LogP contribution in [-0.2, 0) is 11.2 Å². The van der Waals surface area contributed by atoms with Crippen LogP contribution < -0.4 is 0 Å². The molecule has 18 heavy (non-hydrogen) atoms. The topological polar surface area (TPSA) is 40.5 Å². The number of hydrogen-bond donors (Lipinski definition) is 1. The highest BCUT2D eigenvalue weighted by Gasteiger charge is 2.20. The number of nitrogens with zero attached hydrogens (tertiary/aromatic N) is 1. The third kappa shape index (κ3) is 3.84. The zero-order chi connectivity index (χ0) is 13.7. The van der Waals surface area contributed by atoms with Crippen molar-refractivity contribution >= 4 is 5.97 Å². The van der Waals surface area contributed by atoms with Crippen molar-refractivity contribution < 1.29 is 9.90 Å². The molecule has 0 amide bonds. The molecule has 1 unspecified atom stereocenters. The van der Waals surface area contributed by atoms with Crippen molar-refractivity contribution in [1.82, 2.24) is 4.90 Å². The van der Waals surface area contributed by atoms with Crippen molar-refractivity contribution in [3.05, 3.63) is 35.4 Å². The van der Waals surface area contributed by atoms with Gasteiger partial charge in [0.15, 0.2) is 0 Å². The standard InChI is InChI=1S/C15H23NO2/c1-5-13-6-8-14(9-7-13)12(4)16(11(2)3)10-15(17)18/h6-9,11-12H,5,10H2,1-4H3,(H,17,18). The molecule has 1 rings (SSSR count). The molecule has 0 aliphatic rings. The molecule has 0 heterocycles. The minimum atomic E-state index is -0.777. The molecule has 1 aromatic rings. The van der Waals surface area contributed by atoms with Crippen LogP contribution in [-0.4, -0.2) is 28.6 Å². The number of rotatable bonds is 6. The second-order valence-corrected chi connectivity index (χ2v) is 4.93. The highest BCUT2D eigenvalue weighted by molar-refractivity contribution is 5.69. The second kappa shape index (κ2) is 6.55. The molecule has 0 saturated heterocycles. The maximum absolute atomic E-state index is 10.9. The van der Waals surface area contributed by atoms with Crippen LogP contribution in [0.1, 0.15) is 44.9 Å². The van der Waals surface area contributed by atoms with Crippen molar-refractivity contribution in [2.75, 3.05) is 6.54 Å². The van der Waals surface area contributed by atoms with Gasteiger partial charge in [-0.1, -0.05) is 31.2 Å². The zero-order valence-corrected chi connectivity index (χ0v) is 11.7. The number of carboxylic acid groups (broad SMARTS) is 1. The third-order valence-corrected chi connectivity index (χ3v) is 3.35. The monoisotopic (exact) mass is 249 g/mol. The summed E-state index contributed by atoms with van der Waals surface area (Å²) in [7, 11) is 0. The molecular formula is C15H23NO2. The Labute approximate surface area is 109 Å². The summed E-state index contributed by atoms with van der Waals surface area (Å²) in [4.78, 5) is 12.9. The van der Waals surface area contributed by atoms with E-state index in [1.165, 1.54) is 11.1 Å². The summed E-state index contributed by atoms with van der Waals surface area (Å²) in [5.74, 6) is -0.777. The van der Waals surface area contributed by atoms with Gasteiger partial charge in [0.05, 0.1) is 6.54 Å². The number of carboxylic acids is 1. The zero-order valence-electron chi connectivity index (χ0n) is 11.7. The van der Waals surface area contributed by atoms with Gasteiger partial charge in [-0.05, 0) is 38.3 Å². The Kier molecular flexibility index (Phi) is 5.35. The molecule has 3 heteroatoms. The molecule has 0 radical (unpaired) electrons. The molecule has 0 saturated carbocycles. The normalized spacial score (nSPS) is 13.0. The number of aliphatic carboxylic acids is 1. The van der Waals surface area contributed by atoms with Gasteiger partial charge >= 0.3 is 5.97 Å². The number of aryl methyl sites for hydroxylation is 1. The fourth-order valence-electron chi connectivity index (χ4n) is 2.15. The van der Waals surface area contributed by atoms with E-state index in [0.717, 1.165) is 6.42 Å². The molecule has 3 nitrogen and oxygen atoms in total. The Bertz CT molecular complexity index is 384. The molecule has 0 aromatic heterocycles. The van der Waals surface area contributed by atoms with E-state index in [2.05, 4.69) is 38.1 Å². The first-order chi connectivity index (χ1) is 8.45. The number of benzene rings is 1. The highest BCUT2D eigenvalue weighted by atomic mass is 16.4. The van der Waals surface area contributed by atoms with Crippen molar-refractivity contribution in [2.45, 2.75) is 46.2 Å². The highest BCUT2D eigenvalue weighted by Crippen LogP contribution is 2.22. The predicted octanol–water partition coefficient (Wildman–Crippen LogP) is 3.11. The van der Waals surface area contributed by atoms with E-state index in [-0.39, 0.29) is 18.6 Å². The molecule has 0 fully saturated rings. The average molecular weight is 249 g/mol. The van der Waals surface area contributed by atoms with E-state index in [1.807, 2.05) is 18.7 Å². The Morgan fingerprint density at radius 3 is 2.17 bits per heavy atom. The largest absolute Gasteiger partial charge is 0.480 e. The Balaban J connectivity index is 2.86. The van der Waals surface area contributed by atoms with Crippen LogP contribution in [0.5, 0.6) is 0 Å². The van der Waals surface area contributed by atoms with E-state index < -0.39 is 5.97 Å². The first kappa shape index (κ1) is 14.7. The quantitative estimate of drug-likeness (QED) is 0.842. The van der Waals surface area contributed by atoms with E-state index in [9.17, 15) is 4.79 Å². The summed E-state index contributed by atoms with van der Waals surface area (Å²) in [6.07, 6.45) is 1.03. The summed E-state index contributed by atoms with van der Waals surface area (Å²) < 4.78 is 0. The van der Waals surface area contributed by atoms with Gasteiger partial charge in [-0.25, -0.2) is 0 Å². The fourth-order valence-corrected chi connectivity index (χ4v) is 2.15. The van der Waals surface area contributed by atoms with Gasteiger partial charge < -0.3 is 5.11 Å². The predicted molar refractivity (Wildman–Crippen MR) is 73.7 cm³/mol. The lowest BCUT2D eigenvalue weighted by molar-refractivity contribution is -0.139. The molecular weight excluding hydrogens is 226 g/mol. The maximum atomic E-state index is 10.9. The lowest BCUT2D eigenvalue weighted by Gasteiger charge is -2.31. The number of carbonyl (C=O) groups is 1. The van der Waals surface area contributed by atoms with Crippen LogP contribution in [0, 0.1) is 0 Å². The fraction of sp³-hybridized carbons (Fsp3) is 0.533. The van der Waals surface area contributed by atoms with Crippen molar-refractivity contribution in [1.29, 1.82) is 0 Å². The summed E-state index contributed by atoms with van der Waals surface area (Å²) in [5, 5.41) is 8.97. The first-order valence-electron chi connectivity index (χ1n) is 6.52. The van der Waals surface area contributed by atoms with Crippen LogP contribution in [0.25, 0.3) is 0 Å². The van der Waals surface area contributed by atoms with Crippen LogP contribution >= 0.6 is 0 Å². The summed E-state index contributed by atoms with van der Waals surface area (Å²) >= 11 is 0. The van der Waals surface area contributed by atoms with E-state index in [1.54, 1.807) is 0 Å². The SMILES string of the molecule is CCc1ccc(C(C)N(CC(=O)O)C(C)C)cc1. The summed E-state index contributed by atoms with van der Waals surface area (Å²) in [6, 6.07) is 8.76. The Morgan fingerprint density at radius 2 is 1.78 bits per heavy atom. The molecule has 1 N–H and O–H groups in total. The molecule has 1 aromatic carbocycles. The smallest absolute Gasteiger partial charge is 0.317 e. The maximum Gasteiger partial charge on any atom is 0.317 e. The van der Waals surface area contributed by atoms with E-state index in [4.69, 9.17) is 5.11 Å². The molecule has 100 valence electrons. The van der Waals surface area contributed by atoms with Gasteiger partial charge in [0, 0.05) is 12.1 Å². The van der Waals surface area contributed by atoms with Gasteiger partial charge in [0.2, 0.25) is 0 Å². The van der Waals surface area contributed by atoms with Crippen LogP contribution in [0.3, 0.4) is 0 Å². The van der Waals surface area contributed by atoms with Gasteiger partial charge in [-0.2, -0.15) is 0 Å². The molecule has 0 aliphatic heterocycles. The lowest BCUT2D eigenvalue weighted by atomic mass is 10.0. The van der Waals surface area contributed by atoms with Gasteiger partial charge in [0.25, 0.3) is 0 Å². The average Bonchev–Trinajstić information content (AvgIpc) is 2.34. The third-order valence-electron chi connectivity index (χ3n) is 3.35. The van der Waals surface area contributed by atoms with Crippen LogP contribution in [0.4, 0.5) is 0 Å². The first-order valence-corrected chi connectivity index (χ1v) is 6.52.